The van der Waals surface area contributed by atoms with Gasteiger partial charge in [0.15, 0.2) is 11.6 Å². The van der Waals surface area contributed by atoms with Crippen LogP contribution in [-0.2, 0) is 0 Å². The first kappa shape index (κ1) is 17.3. The highest BCUT2D eigenvalue weighted by atomic mass is 15.3. The Kier molecular flexibility index (Phi) is 4.39. The molecule has 6 nitrogen and oxygen atoms in total. The Morgan fingerprint density at radius 3 is 2.48 bits per heavy atom. The molecule has 3 heterocycles. The molecule has 0 bridgehead atoms. The molecule has 0 aliphatic heterocycles. The lowest BCUT2D eigenvalue weighted by atomic mass is 10.0. The SMILES string of the molecule is CC(C)c1cc(-n2cccn2)nc(-c2ccc3c(C(C)C)ncnc3c2)n1. The predicted molar refractivity (Wildman–Crippen MR) is 106 cm³/mol. The average Bonchev–Trinajstić information content (AvgIpc) is 3.21. The van der Waals surface area contributed by atoms with E-state index in [-0.39, 0.29) is 5.92 Å². The number of fused-ring (bicyclic) bond motifs is 1. The minimum atomic E-state index is 0.288. The van der Waals surface area contributed by atoms with E-state index in [1.165, 1.54) is 0 Å². The number of hydrogen-bond acceptors (Lipinski definition) is 5. The van der Waals surface area contributed by atoms with Gasteiger partial charge < -0.3 is 0 Å². The Morgan fingerprint density at radius 2 is 1.78 bits per heavy atom. The van der Waals surface area contributed by atoms with E-state index >= 15 is 0 Å². The zero-order chi connectivity index (χ0) is 19.0. The van der Waals surface area contributed by atoms with Crippen LogP contribution in [-0.4, -0.2) is 29.7 Å². The van der Waals surface area contributed by atoms with Crippen molar-refractivity contribution in [3.8, 4) is 17.2 Å². The molecule has 27 heavy (non-hydrogen) atoms. The highest BCUT2D eigenvalue weighted by molar-refractivity contribution is 5.85. The van der Waals surface area contributed by atoms with Crippen LogP contribution in [0, 0.1) is 0 Å². The molecule has 4 aromatic rings. The van der Waals surface area contributed by atoms with Crippen LogP contribution in [0.4, 0.5) is 0 Å². The second kappa shape index (κ2) is 6.87. The molecule has 0 amide bonds. The van der Waals surface area contributed by atoms with Gasteiger partial charge in [-0.15, -0.1) is 0 Å². The Bertz CT molecular complexity index is 1080. The number of benzene rings is 1. The summed E-state index contributed by atoms with van der Waals surface area (Å²) in [5.41, 5.74) is 3.88. The van der Waals surface area contributed by atoms with Crippen LogP contribution < -0.4 is 0 Å². The fourth-order valence-electron chi connectivity index (χ4n) is 3.08. The van der Waals surface area contributed by atoms with Gasteiger partial charge in [-0.05, 0) is 24.0 Å². The first-order chi connectivity index (χ1) is 13.0. The van der Waals surface area contributed by atoms with Crippen molar-refractivity contribution in [2.24, 2.45) is 0 Å². The minimum absolute atomic E-state index is 0.288. The lowest BCUT2D eigenvalue weighted by Crippen LogP contribution is -2.05. The fraction of sp³-hybridized carbons (Fsp3) is 0.286. The van der Waals surface area contributed by atoms with E-state index in [1.54, 1.807) is 17.2 Å². The van der Waals surface area contributed by atoms with E-state index in [9.17, 15) is 0 Å². The normalized spacial score (nSPS) is 11.6. The van der Waals surface area contributed by atoms with Crippen molar-refractivity contribution in [2.75, 3.05) is 0 Å². The van der Waals surface area contributed by atoms with Crippen molar-refractivity contribution in [1.82, 2.24) is 29.7 Å². The van der Waals surface area contributed by atoms with E-state index < -0.39 is 0 Å². The van der Waals surface area contributed by atoms with Gasteiger partial charge in [0, 0.05) is 35.1 Å². The van der Waals surface area contributed by atoms with Gasteiger partial charge in [-0.2, -0.15) is 5.10 Å². The molecule has 0 saturated heterocycles. The third kappa shape index (κ3) is 3.30. The molecule has 0 radical (unpaired) electrons. The summed E-state index contributed by atoms with van der Waals surface area (Å²) in [7, 11) is 0. The molecule has 3 aromatic heterocycles. The molecule has 6 heteroatoms. The topological polar surface area (TPSA) is 69.4 Å². The van der Waals surface area contributed by atoms with Crippen LogP contribution in [0.25, 0.3) is 28.1 Å². The minimum Gasteiger partial charge on any atom is -0.240 e. The Morgan fingerprint density at radius 1 is 0.926 bits per heavy atom. The third-order valence-corrected chi connectivity index (χ3v) is 4.54. The summed E-state index contributed by atoms with van der Waals surface area (Å²) in [6.45, 7) is 8.53. The van der Waals surface area contributed by atoms with Crippen molar-refractivity contribution < 1.29 is 0 Å². The van der Waals surface area contributed by atoms with Crippen molar-refractivity contribution in [1.29, 1.82) is 0 Å². The Hall–Kier alpha value is -3.15. The van der Waals surface area contributed by atoms with Gasteiger partial charge in [0.1, 0.15) is 6.33 Å². The first-order valence-corrected chi connectivity index (χ1v) is 9.17. The molecule has 0 atom stereocenters. The number of rotatable bonds is 4. The molecule has 0 fully saturated rings. The Balaban J connectivity index is 1.87. The predicted octanol–water partition coefficient (Wildman–Crippen LogP) is 4.52. The maximum absolute atomic E-state index is 4.78. The first-order valence-electron chi connectivity index (χ1n) is 9.17. The second-order valence-corrected chi connectivity index (χ2v) is 7.23. The lowest BCUT2D eigenvalue weighted by molar-refractivity contribution is 0.787. The van der Waals surface area contributed by atoms with Gasteiger partial charge in [-0.25, -0.2) is 24.6 Å². The van der Waals surface area contributed by atoms with Crippen molar-refractivity contribution in [3.63, 3.8) is 0 Å². The van der Waals surface area contributed by atoms with Crippen LogP contribution >= 0.6 is 0 Å². The zero-order valence-corrected chi connectivity index (χ0v) is 16.0. The van der Waals surface area contributed by atoms with Crippen LogP contribution in [0.2, 0.25) is 0 Å². The summed E-state index contributed by atoms with van der Waals surface area (Å²) < 4.78 is 1.76. The molecular weight excluding hydrogens is 336 g/mol. The van der Waals surface area contributed by atoms with Crippen LogP contribution in [0.1, 0.15) is 50.9 Å². The molecule has 1 aromatic carbocycles. The summed E-state index contributed by atoms with van der Waals surface area (Å²) in [6, 6.07) is 10.0. The van der Waals surface area contributed by atoms with Crippen LogP contribution in [0.15, 0.2) is 49.1 Å². The van der Waals surface area contributed by atoms with Gasteiger partial charge in [-0.1, -0.05) is 39.8 Å². The number of aromatic nitrogens is 6. The summed E-state index contributed by atoms with van der Waals surface area (Å²) in [6.07, 6.45) is 5.26. The zero-order valence-electron chi connectivity index (χ0n) is 16.0. The largest absolute Gasteiger partial charge is 0.240 e. The van der Waals surface area contributed by atoms with Gasteiger partial charge in [0.2, 0.25) is 0 Å². The van der Waals surface area contributed by atoms with Gasteiger partial charge >= 0.3 is 0 Å². The van der Waals surface area contributed by atoms with Crippen molar-refractivity contribution in [2.45, 2.75) is 39.5 Å². The molecule has 136 valence electrons. The van der Waals surface area contributed by atoms with E-state index in [0.717, 1.165) is 33.7 Å². The van der Waals surface area contributed by atoms with Crippen LogP contribution in [0.5, 0.6) is 0 Å². The van der Waals surface area contributed by atoms with E-state index in [2.05, 4.69) is 48.8 Å². The number of nitrogens with zero attached hydrogens (tertiary/aromatic N) is 6. The molecule has 0 saturated carbocycles. The smallest absolute Gasteiger partial charge is 0.161 e. The molecule has 4 rings (SSSR count). The maximum Gasteiger partial charge on any atom is 0.161 e. The van der Waals surface area contributed by atoms with Crippen molar-refractivity contribution >= 4 is 10.9 Å². The van der Waals surface area contributed by atoms with Gasteiger partial charge in [0.25, 0.3) is 0 Å². The maximum atomic E-state index is 4.78. The number of hydrogen-bond donors (Lipinski definition) is 0. The summed E-state index contributed by atoms with van der Waals surface area (Å²) in [5.74, 6) is 2.07. The van der Waals surface area contributed by atoms with Crippen LogP contribution in [0.3, 0.4) is 0 Å². The molecule has 0 unspecified atom stereocenters. The summed E-state index contributed by atoms with van der Waals surface area (Å²) in [4.78, 5) is 18.4. The average molecular weight is 358 g/mol. The molecule has 0 spiro atoms. The fourth-order valence-corrected chi connectivity index (χ4v) is 3.08. The second-order valence-electron chi connectivity index (χ2n) is 7.23. The standard InChI is InChI=1S/C21H22N6/c1-13(2)17-11-19(27-9-5-8-24-27)26-21(25-17)15-6-7-16-18(10-15)22-12-23-20(16)14(3)4/h5-14H,1-4H3. The highest BCUT2D eigenvalue weighted by Crippen LogP contribution is 2.27. The van der Waals surface area contributed by atoms with E-state index in [1.807, 2.05) is 30.5 Å². The quantitative estimate of drug-likeness (QED) is 0.536. The molecule has 0 N–H and O–H groups in total. The lowest BCUT2D eigenvalue weighted by Gasteiger charge is -2.12. The van der Waals surface area contributed by atoms with Crippen molar-refractivity contribution in [3.05, 3.63) is 60.4 Å². The third-order valence-electron chi connectivity index (χ3n) is 4.54. The van der Waals surface area contributed by atoms with E-state index in [4.69, 9.17) is 9.97 Å². The van der Waals surface area contributed by atoms with Gasteiger partial charge in [-0.3, -0.25) is 0 Å². The molecule has 0 aliphatic rings. The summed E-state index contributed by atoms with van der Waals surface area (Å²) in [5, 5.41) is 5.38. The van der Waals surface area contributed by atoms with E-state index in [0.29, 0.717) is 11.7 Å². The highest BCUT2D eigenvalue weighted by Gasteiger charge is 2.13. The Labute approximate surface area is 158 Å². The summed E-state index contributed by atoms with van der Waals surface area (Å²) >= 11 is 0. The van der Waals surface area contributed by atoms with Gasteiger partial charge in [0.05, 0.1) is 11.2 Å². The molecule has 0 aliphatic carbocycles. The molecular formula is C21H22N6. The monoisotopic (exact) mass is 358 g/mol.